The lowest BCUT2D eigenvalue weighted by Crippen LogP contribution is -2.41. The summed E-state index contributed by atoms with van der Waals surface area (Å²) in [5, 5.41) is 3.32. The lowest BCUT2D eigenvalue weighted by molar-refractivity contribution is -0.122. The van der Waals surface area contributed by atoms with Gasteiger partial charge in [0.25, 0.3) is 0 Å². The third kappa shape index (κ3) is 2.29. The molecule has 108 valence electrons. The number of ether oxygens (including phenoxy) is 1. The van der Waals surface area contributed by atoms with Crippen molar-refractivity contribution in [1.82, 2.24) is 5.32 Å². The Morgan fingerprint density at radius 1 is 1.40 bits per heavy atom. The van der Waals surface area contributed by atoms with E-state index in [-0.39, 0.29) is 11.8 Å². The number of benzene rings is 1. The minimum Gasteiger partial charge on any atom is -0.497 e. The standard InChI is InChI=1S/C16H22N2O2/c1-11-9-17-10-14(11)16(19)18-7-3-4-12-8-13(20-2)5-6-15(12)18/h5-6,8,11,14,17H,3-4,7,9-10H2,1-2H3. The van der Waals surface area contributed by atoms with E-state index in [2.05, 4.69) is 18.3 Å². The molecule has 0 radical (unpaired) electrons. The summed E-state index contributed by atoms with van der Waals surface area (Å²) in [7, 11) is 1.68. The Balaban J connectivity index is 1.87. The van der Waals surface area contributed by atoms with Crippen LogP contribution >= 0.6 is 0 Å². The number of hydrogen-bond acceptors (Lipinski definition) is 3. The quantitative estimate of drug-likeness (QED) is 0.894. The molecule has 0 aromatic heterocycles. The van der Waals surface area contributed by atoms with E-state index < -0.39 is 0 Å². The van der Waals surface area contributed by atoms with Gasteiger partial charge in [-0.25, -0.2) is 0 Å². The Kier molecular flexibility index (Phi) is 3.66. The maximum absolute atomic E-state index is 12.8. The molecule has 3 rings (SSSR count). The molecule has 4 nitrogen and oxygen atoms in total. The molecule has 2 aliphatic heterocycles. The lowest BCUT2D eigenvalue weighted by atomic mass is 9.94. The average molecular weight is 274 g/mol. The monoisotopic (exact) mass is 274 g/mol. The third-order valence-electron chi connectivity index (χ3n) is 4.51. The summed E-state index contributed by atoms with van der Waals surface area (Å²) in [6, 6.07) is 6.03. The van der Waals surface area contributed by atoms with Crippen LogP contribution in [0.5, 0.6) is 5.75 Å². The number of hydrogen-bond donors (Lipinski definition) is 1. The van der Waals surface area contributed by atoms with Gasteiger partial charge in [-0.3, -0.25) is 4.79 Å². The van der Waals surface area contributed by atoms with Crippen molar-refractivity contribution >= 4 is 11.6 Å². The number of carbonyl (C=O) groups excluding carboxylic acids is 1. The van der Waals surface area contributed by atoms with Crippen molar-refractivity contribution in [1.29, 1.82) is 0 Å². The van der Waals surface area contributed by atoms with Crippen LogP contribution in [0, 0.1) is 11.8 Å². The van der Waals surface area contributed by atoms with Gasteiger partial charge in [-0.2, -0.15) is 0 Å². The van der Waals surface area contributed by atoms with Crippen LogP contribution in [0.4, 0.5) is 5.69 Å². The van der Waals surface area contributed by atoms with E-state index in [1.54, 1.807) is 7.11 Å². The van der Waals surface area contributed by atoms with E-state index >= 15 is 0 Å². The maximum Gasteiger partial charge on any atom is 0.231 e. The second-order valence-corrected chi connectivity index (χ2v) is 5.83. The smallest absolute Gasteiger partial charge is 0.231 e. The maximum atomic E-state index is 12.8. The van der Waals surface area contributed by atoms with Gasteiger partial charge in [0.2, 0.25) is 5.91 Å². The van der Waals surface area contributed by atoms with Crippen molar-refractivity contribution < 1.29 is 9.53 Å². The van der Waals surface area contributed by atoms with Crippen LogP contribution in [0.25, 0.3) is 0 Å². The molecule has 1 N–H and O–H groups in total. The van der Waals surface area contributed by atoms with Crippen molar-refractivity contribution in [2.75, 3.05) is 31.6 Å². The highest BCUT2D eigenvalue weighted by Crippen LogP contribution is 2.32. The Morgan fingerprint density at radius 2 is 2.25 bits per heavy atom. The van der Waals surface area contributed by atoms with Crippen LogP contribution in [-0.4, -0.2) is 32.7 Å². The Labute approximate surface area is 120 Å². The third-order valence-corrected chi connectivity index (χ3v) is 4.51. The van der Waals surface area contributed by atoms with Gasteiger partial charge in [-0.15, -0.1) is 0 Å². The molecular weight excluding hydrogens is 252 g/mol. The normalized spacial score (nSPS) is 25.4. The molecule has 2 atom stereocenters. The molecule has 1 saturated heterocycles. The highest BCUT2D eigenvalue weighted by Gasteiger charge is 2.34. The molecule has 0 aliphatic carbocycles. The molecule has 2 unspecified atom stereocenters. The minimum absolute atomic E-state index is 0.114. The zero-order valence-electron chi connectivity index (χ0n) is 12.2. The number of methoxy groups -OCH3 is 1. The van der Waals surface area contributed by atoms with Crippen molar-refractivity contribution in [3.05, 3.63) is 23.8 Å². The zero-order valence-corrected chi connectivity index (χ0v) is 12.2. The van der Waals surface area contributed by atoms with Gasteiger partial charge in [-0.1, -0.05) is 6.92 Å². The van der Waals surface area contributed by atoms with Gasteiger partial charge in [0.05, 0.1) is 13.0 Å². The predicted octanol–water partition coefficient (Wildman–Crippen LogP) is 1.83. The number of carbonyl (C=O) groups is 1. The summed E-state index contributed by atoms with van der Waals surface area (Å²) >= 11 is 0. The Hall–Kier alpha value is -1.55. The van der Waals surface area contributed by atoms with E-state index in [1.807, 2.05) is 17.0 Å². The fourth-order valence-electron chi connectivity index (χ4n) is 3.27. The minimum atomic E-state index is 0.114. The molecule has 0 saturated carbocycles. The van der Waals surface area contributed by atoms with Gasteiger partial charge in [0.15, 0.2) is 0 Å². The molecule has 2 aliphatic rings. The average Bonchev–Trinajstić information content (AvgIpc) is 2.91. The first-order valence-corrected chi connectivity index (χ1v) is 7.39. The summed E-state index contributed by atoms with van der Waals surface area (Å²) in [5.41, 5.74) is 2.30. The first-order valence-electron chi connectivity index (χ1n) is 7.39. The van der Waals surface area contributed by atoms with Crippen LogP contribution in [0.3, 0.4) is 0 Å². The van der Waals surface area contributed by atoms with Gasteiger partial charge < -0.3 is 15.0 Å². The second kappa shape index (κ2) is 5.44. The Morgan fingerprint density at radius 3 is 2.95 bits per heavy atom. The highest BCUT2D eigenvalue weighted by molar-refractivity contribution is 5.96. The van der Waals surface area contributed by atoms with Crippen LogP contribution in [-0.2, 0) is 11.2 Å². The van der Waals surface area contributed by atoms with Gasteiger partial charge in [0, 0.05) is 18.8 Å². The summed E-state index contributed by atoms with van der Waals surface area (Å²) in [6.07, 6.45) is 2.05. The number of anilines is 1. The van der Waals surface area contributed by atoms with Crippen molar-refractivity contribution in [3.8, 4) is 5.75 Å². The van der Waals surface area contributed by atoms with Crippen LogP contribution < -0.4 is 15.0 Å². The Bertz CT molecular complexity index is 515. The fourth-order valence-corrected chi connectivity index (χ4v) is 3.27. The number of nitrogens with zero attached hydrogens (tertiary/aromatic N) is 1. The topological polar surface area (TPSA) is 41.6 Å². The van der Waals surface area contributed by atoms with Crippen LogP contribution in [0.15, 0.2) is 18.2 Å². The molecule has 1 fully saturated rings. The van der Waals surface area contributed by atoms with Gasteiger partial charge in [-0.05, 0) is 49.1 Å². The van der Waals surface area contributed by atoms with E-state index in [0.717, 1.165) is 43.9 Å². The number of fused-ring (bicyclic) bond motifs is 1. The summed E-state index contributed by atoms with van der Waals surface area (Å²) < 4.78 is 5.28. The van der Waals surface area contributed by atoms with E-state index in [9.17, 15) is 4.79 Å². The number of aryl methyl sites for hydroxylation is 1. The number of amides is 1. The summed E-state index contributed by atoms with van der Waals surface area (Å²) in [5.74, 6) is 1.68. The van der Waals surface area contributed by atoms with Gasteiger partial charge >= 0.3 is 0 Å². The van der Waals surface area contributed by atoms with Crippen LogP contribution in [0.1, 0.15) is 18.9 Å². The second-order valence-electron chi connectivity index (χ2n) is 5.83. The van der Waals surface area contributed by atoms with E-state index in [0.29, 0.717) is 5.92 Å². The summed E-state index contributed by atoms with van der Waals surface area (Å²) in [4.78, 5) is 14.8. The largest absolute Gasteiger partial charge is 0.497 e. The summed E-state index contributed by atoms with van der Waals surface area (Å²) in [6.45, 7) is 4.74. The SMILES string of the molecule is COc1ccc2c(c1)CCCN2C(=O)C1CNCC1C. The first kappa shape index (κ1) is 13.4. The van der Waals surface area contributed by atoms with Crippen LogP contribution in [0.2, 0.25) is 0 Å². The zero-order chi connectivity index (χ0) is 14.1. The van der Waals surface area contributed by atoms with Crippen molar-refractivity contribution in [2.45, 2.75) is 19.8 Å². The molecule has 1 amide bonds. The first-order chi connectivity index (χ1) is 9.70. The molecule has 1 aromatic carbocycles. The van der Waals surface area contributed by atoms with Crippen molar-refractivity contribution in [2.24, 2.45) is 11.8 Å². The molecule has 4 heteroatoms. The molecular formula is C16H22N2O2. The lowest BCUT2D eigenvalue weighted by Gasteiger charge is -2.32. The number of nitrogens with one attached hydrogen (secondary N) is 1. The molecule has 2 heterocycles. The highest BCUT2D eigenvalue weighted by atomic mass is 16.5. The molecule has 0 bridgehead atoms. The fraction of sp³-hybridized carbons (Fsp3) is 0.562. The van der Waals surface area contributed by atoms with E-state index in [4.69, 9.17) is 4.74 Å². The van der Waals surface area contributed by atoms with Gasteiger partial charge in [0.1, 0.15) is 5.75 Å². The molecule has 0 spiro atoms. The number of rotatable bonds is 2. The molecule has 1 aromatic rings. The molecule has 20 heavy (non-hydrogen) atoms. The predicted molar refractivity (Wildman–Crippen MR) is 79.2 cm³/mol. The van der Waals surface area contributed by atoms with E-state index in [1.165, 1.54) is 5.56 Å². The van der Waals surface area contributed by atoms with Crippen molar-refractivity contribution in [3.63, 3.8) is 0 Å².